The van der Waals surface area contributed by atoms with Crippen LogP contribution in [0.5, 0.6) is 0 Å². The maximum atomic E-state index is 10.2. The van der Waals surface area contributed by atoms with E-state index in [0.29, 0.717) is 5.92 Å². The molecule has 2 amide bonds. The number of carbonyl (C=O) groups excluding carboxylic acids is 1. The highest BCUT2D eigenvalue weighted by Gasteiger charge is 2.10. The fourth-order valence-electron chi connectivity index (χ4n) is 1.07. The first-order valence-electron chi connectivity index (χ1n) is 3.95. The number of rotatable bonds is 2. The molecule has 5 nitrogen and oxygen atoms in total. The summed E-state index contributed by atoms with van der Waals surface area (Å²) < 4.78 is 5.15. The van der Waals surface area contributed by atoms with Crippen LogP contribution in [-0.2, 0) is 4.74 Å². The number of primary amides is 1. The van der Waals surface area contributed by atoms with Crippen molar-refractivity contribution in [1.82, 2.24) is 5.43 Å². The van der Waals surface area contributed by atoms with Crippen molar-refractivity contribution in [2.75, 3.05) is 13.2 Å². The quantitative estimate of drug-likeness (QED) is 0.455. The van der Waals surface area contributed by atoms with Crippen molar-refractivity contribution in [3.8, 4) is 0 Å². The smallest absolute Gasteiger partial charge is 0.332 e. The Labute approximate surface area is 71.0 Å². The Hall–Kier alpha value is -1.10. The topological polar surface area (TPSA) is 76.7 Å². The van der Waals surface area contributed by atoms with Gasteiger partial charge in [0.05, 0.1) is 0 Å². The Bertz CT molecular complexity index is 175. The molecule has 1 fully saturated rings. The van der Waals surface area contributed by atoms with E-state index >= 15 is 0 Å². The van der Waals surface area contributed by atoms with Gasteiger partial charge in [0.25, 0.3) is 0 Å². The lowest BCUT2D eigenvalue weighted by atomic mass is 10.0. The number of nitrogens with one attached hydrogen (secondary N) is 1. The molecule has 68 valence electrons. The summed E-state index contributed by atoms with van der Waals surface area (Å²) in [4.78, 5) is 10.2. The molecule has 3 N–H and O–H groups in total. The van der Waals surface area contributed by atoms with Crippen molar-refractivity contribution in [1.29, 1.82) is 0 Å². The zero-order chi connectivity index (χ0) is 8.81. The molecule has 1 heterocycles. The number of hydrogen-bond acceptors (Lipinski definition) is 3. The Kier molecular flexibility index (Phi) is 3.53. The van der Waals surface area contributed by atoms with Crippen LogP contribution in [0.15, 0.2) is 5.10 Å². The van der Waals surface area contributed by atoms with E-state index in [1.165, 1.54) is 0 Å². The zero-order valence-corrected chi connectivity index (χ0v) is 6.82. The first kappa shape index (κ1) is 8.99. The van der Waals surface area contributed by atoms with Gasteiger partial charge in [-0.05, 0) is 12.8 Å². The van der Waals surface area contributed by atoms with Crippen LogP contribution in [0, 0.1) is 5.92 Å². The Morgan fingerprint density at radius 2 is 2.25 bits per heavy atom. The van der Waals surface area contributed by atoms with Gasteiger partial charge in [-0.3, -0.25) is 0 Å². The van der Waals surface area contributed by atoms with E-state index < -0.39 is 6.03 Å². The van der Waals surface area contributed by atoms with Gasteiger partial charge < -0.3 is 10.5 Å². The predicted molar refractivity (Wildman–Crippen MR) is 44.8 cm³/mol. The van der Waals surface area contributed by atoms with Crippen molar-refractivity contribution < 1.29 is 9.53 Å². The molecule has 0 aromatic rings. The van der Waals surface area contributed by atoms with Gasteiger partial charge in [-0.25, -0.2) is 10.2 Å². The number of hydrogen-bond donors (Lipinski definition) is 2. The van der Waals surface area contributed by atoms with Crippen LogP contribution >= 0.6 is 0 Å². The largest absolute Gasteiger partial charge is 0.381 e. The zero-order valence-electron chi connectivity index (χ0n) is 6.82. The molecule has 1 aliphatic heterocycles. The van der Waals surface area contributed by atoms with Gasteiger partial charge in [0.1, 0.15) is 0 Å². The van der Waals surface area contributed by atoms with Crippen molar-refractivity contribution in [2.45, 2.75) is 12.8 Å². The minimum absolute atomic E-state index is 0.408. The summed E-state index contributed by atoms with van der Waals surface area (Å²) in [6.07, 6.45) is 3.64. The van der Waals surface area contributed by atoms with Crippen LogP contribution in [0.4, 0.5) is 4.79 Å². The summed E-state index contributed by atoms with van der Waals surface area (Å²) in [6, 6.07) is -0.627. The number of ether oxygens (including phenoxy) is 1. The standard InChI is InChI=1S/C7H13N3O2/c8-7(11)10-9-5-6-1-3-12-4-2-6/h5-6H,1-4H2,(H3,8,10,11). The normalized spacial score (nSPS) is 19.7. The number of amides is 2. The molecule has 1 aliphatic rings. The van der Waals surface area contributed by atoms with E-state index in [-0.39, 0.29) is 0 Å². The number of nitrogens with two attached hydrogens (primary N) is 1. The van der Waals surface area contributed by atoms with Crippen molar-refractivity contribution in [3.63, 3.8) is 0 Å². The summed E-state index contributed by atoms with van der Waals surface area (Å²) in [6.45, 7) is 1.54. The summed E-state index contributed by atoms with van der Waals surface area (Å²) in [7, 11) is 0. The molecule has 5 heteroatoms. The summed E-state index contributed by atoms with van der Waals surface area (Å²) in [5, 5.41) is 3.69. The van der Waals surface area contributed by atoms with Gasteiger partial charge in [0.2, 0.25) is 0 Å². The van der Waals surface area contributed by atoms with Crippen molar-refractivity contribution in [3.05, 3.63) is 0 Å². The Balaban J connectivity index is 2.19. The maximum Gasteiger partial charge on any atom is 0.332 e. The molecular formula is C7H13N3O2. The molecule has 12 heavy (non-hydrogen) atoms. The van der Waals surface area contributed by atoms with Crippen molar-refractivity contribution in [2.24, 2.45) is 16.8 Å². The van der Waals surface area contributed by atoms with Crippen LogP contribution in [0.2, 0.25) is 0 Å². The van der Waals surface area contributed by atoms with E-state index in [9.17, 15) is 4.79 Å². The molecule has 0 spiro atoms. The number of urea groups is 1. The highest BCUT2D eigenvalue weighted by molar-refractivity contribution is 5.73. The van der Waals surface area contributed by atoms with E-state index in [4.69, 9.17) is 10.5 Å². The third-order valence-electron chi connectivity index (χ3n) is 1.73. The average molecular weight is 171 g/mol. The maximum absolute atomic E-state index is 10.2. The second-order valence-electron chi connectivity index (χ2n) is 2.70. The van der Waals surface area contributed by atoms with Crippen LogP contribution in [0.1, 0.15) is 12.8 Å². The number of hydrazone groups is 1. The van der Waals surface area contributed by atoms with Crippen LogP contribution in [-0.4, -0.2) is 25.5 Å². The SMILES string of the molecule is NC(=O)NN=CC1CCOCC1. The molecule has 0 aromatic carbocycles. The Morgan fingerprint density at radius 1 is 1.58 bits per heavy atom. The van der Waals surface area contributed by atoms with E-state index in [0.717, 1.165) is 26.1 Å². The molecular weight excluding hydrogens is 158 g/mol. The average Bonchev–Trinajstić information content (AvgIpc) is 2.05. The highest BCUT2D eigenvalue weighted by Crippen LogP contribution is 2.11. The first-order chi connectivity index (χ1) is 5.79. The number of carbonyl (C=O) groups is 1. The Morgan fingerprint density at radius 3 is 2.83 bits per heavy atom. The van der Waals surface area contributed by atoms with Gasteiger partial charge in [0.15, 0.2) is 0 Å². The lowest BCUT2D eigenvalue weighted by Gasteiger charge is -2.17. The minimum Gasteiger partial charge on any atom is -0.381 e. The molecule has 1 saturated heterocycles. The highest BCUT2D eigenvalue weighted by atomic mass is 16.5. The fraction of sp³-hybridized carbons (Fsp3) is 0.714. The third-order valence-corrected chi connectivity index (χ3v) is 1.73. The number of nitrogens with zero attached hydrogens (tertiary/aromatic N) is 1. The van der Waals surface area contributed by atoms with Crippen LogP contribution in [0.3, 0.4) is 0 Å². The molecule has 1 rings (SSSR count). The van der Waals surface area contributed by atoms with Gasteiger partial charge >= 0.3 is 6.03 Å². The summed E-state index contributed by atoms with van der Waals surface area (Å²) >= 11 is 0. The van der Waals surface area contributed by atoms with Crippen molar-refractivity contribution >= 4 is 12.2 Å². The fourth-order valence-corrected chi connectivity index (χ4v) is 1.07. The molecule has 0 atom stereocenters. The monoisotopic (exact) mass is 171 g/mol. The van der Waals surface area contributed by atoms with Gasteiger partial charge in [-0.2, -0.15) is 5.10 Å². The predicted octanol–water partition coefficient (Wildman–Crippen LogP) is 0.0671. The molecule has 0 bridgehead atoms. The molecule has 0 aliphatic carbocycles. The second-order valence-corrected chi connectivity index (χ2v) is 2.70. The first-order valence-corrected chi connectivity index (χ1v) is 3.95. The molecule has 0 unspecified atom stereocenters. The lowest BCUT2D eigenvalue weighted by Crippen LogP contribution is -2.25. The molecule has 0 radical (unpaired) electrons. The second kappa shape index (κ2) is 4.71. The minimum atomic E-state index is -0.627. The van der Waals surface area contributed by atoms with Crippen LogP contribution < -0.4 is 11.2 Å². The van der Waals surface area contributed by atoms with Gasteiger partial charge in [-0.15, -0.1) is 0 Å². The third kappa shape index (κ3) is 3.34. The van der Waals surface area contributed by atoms with E-state index in [1.54, 1.807) is 6.21 Å². The van der Waals surface area contributed by atoms with Gasteiger partial charge in [0, 0.05) is 25.3 Å². The van der Waals surface area contributed by atoms with Gasteiger partial charge in [-0.1, -0.05) is 0 Å². The molecule has 0 saturated carbocycles. The summed E-state index contributed by atoms with van der Waals surface area (Å²) in [5.41, 5.74) is 6.98. The van der Waals surface area contributed by atoms with E-state index in [1.807, 2.05) is 0 Å². The lowest BCUT2D eigenvalue weighted by molar-refractivity contribution is 0.0837. The van der Waals surface area contributed by atoms with E-state index in [2.05, 4.69) is 10.5 Å². The summed E-state index contributed by atoms with van der Waals surface area (Å²) in [5.74, 6) is 0.408. The van der Waals surface area contributed by atoms with Crippen LogP contribution in [0.25, 0.3) is 0 Å². The molecule has 0 aromatic heterocycles.